The first-order valence-electron chi connectivity index (χ1n) is 10.3. The molecule has 0 saturated heterocycles. The number of aromatic nitrogens is 1. The Morgan fingerprint density at radius 2 is 1.80 bits per heavy atom. The molecule has 1 N–H and O–H groups in total. The number of ether oxygens (including phenoxy) is 1. The van der Waals surface area contributed by atoms with Crippen LogP contribution in [0.2, 0.25) is 0 Å². The van der Waals surface area contributed by atoms with Crippen molar-refractivity contribution in [2.75, 3.05) is 6.61 Å². The largest absolute Gasteiger partial charge is 0.493 e. The van der Waals surface area contributed by atoms with Gasteiger partial charge in [-0.25, -0.2) is 4.98 Å². The Hall–Kier alpha value is -2.66. The normalized spacial score (nSPS) is 12.1. The molecule has 2 aromatic carbocycles. The quantitative estimate of drug-likeness (QED) is 0.552. The van der Waals surface area contributed by atoms with E-state index in [1.54, 1.807) is 11.3 Å². The Labute approximate surface area is 182 Å². The molecule has 0 atom stereocenters. The zero-order chi connectivity index (χ0) is 21.7. The van der Waals surface area contributed by atoms with Gasteiger partial charge in [-0.15, -0.1) is 11.3 Å². The van der Waals surface area contributed by atoms with Crippen LogP contribution in [0.1, 0.15) is 46.2 Å². The molecular weight excluding hydrogens is 394 g/mol. The third kappa shape index (κ3) is 5.70. The smallest absolute Gasteiger partial charge is 0.300 e. The molecule has 0 fully saturated rings. The molecule has 1 heterocycles. The van der Waals surface area contributed by atoms with Crippen molar-refractivity contribution in [3.05, 3.63) is 69.2 Å². The van der Waals surface area contributed by atoms with Crippen molar-refractivity contribution in [2.24, 2.45) is 0 Å². The predicted octanol–water partition coefficient (Wildman–Crippen LogP) is 5.94. The van der Waals surface area contributed by atoms with Crippen LogP contribution in [0, 0.1) is 20.8 Å². The van der Waals surface area contributed by atoms with Gasteiger partial charge in [-0.1, -0.05) is 18.2 Å². The second-order valence-electron chi connectivity index (χ2n) is 7.72. The van der Waals surface area contributed by atoms with E-state index >= 15 is 0 Å². The van der Waals surface area contributed by atoms with Gasteiger partial charge in [-0.2, -0.15) is 0 Å². The second-order valence-corrected chi connectivity index (χ2v) is 8.93. The van der Waals surface area contributed by atoms with Crippen LogP contribution >= 0.6 is 11.3 Å². The standard InChI is InChI=1S/C23H25NOS.C2H4O2/c1-15-7-8-20(13-16(15)2)23-24-22(17(3)26-23)11-12-25-21-10-9-18-5-4-6-19(18)14-21;1-2(3)4/h7-10,13-14H,4-6,11-12H2,1-3H3;1H3,(H,3,4). The van der Waals surface area contributed by atoms with Gasteiger partial charge in [0.1, 0.15) is 10.8 Å². The number of thiazole rings is 1. The van der Waals surface area contributed by atoms with Crippen LogP contribution in [0.4, 0.5) is 0 Å². The molecule has 0 unspecified atom stereocenters. The number of benzene rings is 2. The van der Waals surface area contributed by atoms with Gasteiger partial charge < -0.3 is 9.84 Å². The lowest BCUT2D eigenvalue weighted by Crippen LogP contribution is -2.03. The van der Waals surface area contributed by atoms with E-state index < -0.39 is 5.97 Å². The average Bonchev–Trinajstić information content (AvgIpc) is 3.30. The van der Waals surface area contributed by atoms with Crippen molar-refractivity contribution < 1.29 is 14.6 Å². The zero-order valence-corrected chi connectivity index (χ0v) is 18.9. The lowest BCUT2D eigenvalue weighted by Gasteiger charge is -2.07. The minimum absolute atomic E-state index is 0.676. The summed E-state index contributed by atoms with van der Waals surface area (Å²) in [5.74, 6) is 0.160. The molecule has 5 heteroatoms. The molecule has 0 aliphatic heterocycles. The Balaban J connectivity index is 0.000000589. The number of carboxylic acid groups (broad SMARTS) is 1. The first kappa shape index (κ1) is 22.0. The van der Waals surface area contributed by atoms with Crippen LogP contribution in [0.5, 0.6) is 5.75 Å². The Morgan fingerprint density at radius 3 is 2.53 bits per heavy atom. The molecule has 1 aliphatic rings. The number of carbonyl (C=O) groups is 1. The summed E-state index contributed by atoms with van der Waals surface area (Å²) in [6.45, 7) is 8.22. The van der Waals surface area contributed by atoms with Crippen molar-refractivity contribution in [3.8, 4) is 16.3 Å². The van der Waals surface area contributed by atoms with Gasteiger partial charge in [0.2, 0.25) is 0 Å². The third-order valence-electron chi connectivity index (χ3n) is 5.32. The van der Waals surface area contributed by atoms with Gasteiger partial charge in [0, 0.05) is 23.8 Å². The van der Waals surface area contributed by atoms with Gasteiger partial charge in [-0.05, 0) is 80.5 Å². The first-order valence-corrected chi connectivity index (χ1v) is 11.1. The highest BCUT2D eigenvalue weighted by Crippen LogP contribution is 2.30. The summed E-state index contributed by atoms with van der Waals surface area (Å²) in [6.07, 6.45) is 4.54. The fourth-order valence-electron chi connectivity index (χ4n) is 3.56. The zero-order valence-electron chi connectivity index (χ0n) is 18.1. The average molecular weight is 424 g/mol. The maximum atomic E-state index is 9.00. The van der Waals surface area contributed by atoms with Crippen LogP contribution in [-0.4, -0.2) is 22.7 Å². The molecule has 30 heavy (non-hydrogen) atoms. The number of hydrogen-bond acceptors (Lipinski definition) is 4. The molecule has 0 radical (unpaired) electrons. The summed E-state index contributed by atoms with van der Waals surface area (Å²) in [6, 6.07) is 13.1. The van der Waals surface area contributed by atoms with Crippen LogP contribution in [0.15, 0.2) is 36.4 Å². The molecule has 158 valence electrons. The minimum atomic E-state index is -0.833. The van der Waals surface area contributed by atoms with Gasteiger partial charge in [0.25, 0.3) is 5.97 Å². The van der Waals surface area contributed by atoms with Crippen LogP contribution < -0.4 is 4.74 Å². The Morgan fingerprint density at radius 1 is 1.07 bits per heavy atom. The number of nitrogens with zero attached hydrogens (tertiary/aromatic N) is 1. The van der Waals surface area contributed by atoms with Crippen molar-refractivity contribution in [1.29, 1.82) is 0 Å². The number of carboxylic acids is 1. The molecule has 1 aliphatic carbocycles. The predicted molar refractivity (Wildman–Crippen MR) is 123 cm³/mol. The molecular formula is C25H29NO3S. The summed E-state index contributed by atoms with van der Waals surface area (Å²) >= 11 is 1.78. The topological polar surface area (TPSA) is 59.4 Å². The van der Waals surface area contributed by atoms with Gasteiger partial charge in [-0.3, -0.25) is 4.79 Å². The molecule has 4 nitrogen and oxygen atoms in total. The van der Waals surface area contributed by atoms with E-state index in [1.165, 1.54) is 52.0 Å². The highest BCUT2D eigenvalue weighted by Gasteiger charge is 2.13. The minimum Gasteiger partial charge on any atom is -0.493 e. The molecule has 3 aromatic rings. The number of hydrogen-bond donors (Lipinski definition) is 1. The first-order chi connectivity index (χ1) is 14.3. The van der Waals surface area contributed by atoms with Gasteiger partial charge in [0.05, 0.1) is 12.3 Å². The summed E-state index contributed by atoms with van der Waals surface area (Å²) in [7, 11) is 0. The van der Waals surface area contributed by atoms with Gasteiger partial charge in [0.15, 0.2) is 0 Å². The summed E-state index contributed by atoms with van der Waals surface area (Å²) in [5.41, 5.74) is 7.97. The monoisotopic (exact) mass is 423 g/mol. The van der Waals surface area contributed by atoms with E-state index in [9.17, 15) is 0 Å². The van der Waals surface area contributed by atoms with E-state index in [1.807, 2.05) is 0 Å². The lowest BCUT2D eigenvalue weighted by atomic mass is 10.1. The van der Waals surface area contributed by atoms with Crippen LogP contribution in [-0.2, 0) is 24.1 Å². The lowest BCUT2D eigenvalue weighted by molar-refractivity contribution is -0.134. The molecule has 0 saturated carbocycles. The van der Waals surface area contributed by atoms with E-state index in [2.05, 4.69) is 57.2 Å². The molecule has 0 spiro atoms. The summed E-state index contributed by atoms with van der Waals surface area (Å²) in [5, 5.41) is 8.53. The third-order valence-corrected chi connectivity index (χ3v) is 6.39. The van der Waals surface area contributed by atoms with Crippen molar-refractivity contribution in [1.82, 2.24) is 4.98 Å². The fraction of sp³-hybridized carbons (Fsp3) is 0.360. The Bertz CT molecular complexity index is 1030. The van der Waals surface area contributed by atoms with Crippen molar-refractivity contribution >= 4 is 17.3 Å². The second kappa shape index (κ2) is 9.90. The number of fused-ring (bicyclic) bond motifs is 1. The highest BCUT2D eigenvalue weighted by atomic mass is 32.1. The van der Waals surface area contributed by atoms with Crippen molar-refractivity contribution in [3.63, 3.8) is 0 Å². The van der Waals surface area contributed by atoms with E-state index in [0.717, 1.165) is 29.8 Å². The maximum absolute atomic E-state index is 9.00. The highest BCUT2D eigenvalue weighted by molar-refractivity contribution is 7.15. The Kier molecular flexibility index (Phi) is 7.27. The molecule has 1 aromatic heterocycles. The maximum Gasteiger partial charge on any atom is 0.300 e. The van der Waals surface area contributed by atoms with E-state index in [4.69, 9.17) is 19.6 Å². The fourth-order valence-corrected chi connectivity index (χ4v) is 4.52. The number of aliphatic carboxylic acids is 1. The number of rotatable bonds is 5. The van der Waals surface area contributed by atoms with E-state index in [-0.39, 0.29) is 0 Å². The van der Waals surface area contributed by atoms with Crippen molar-refractivity contribution in [2.45, 2.75) is 53.4 Å². The van der Waals surface area contributed by atoms with Gasteiger partial charge >= 0.3 is 0 Å². The van der Waals surface area contributed by atoms with Crippen LogP contribution in [0.3, 0.4) is 0 Å². The number of aryl methyl sites for hydroxylation is 5. The van der Waals surface area contributed by atoms with Crippen LogP contribution in [0.25, 0.3) is 10.6 Å². The molecule has 0 bridgehead atoms. The molecule has 4 rings (SSSR count). The molecule has 0 amide bonds. The summed E-state index contributed by atoms with van der Waals surface area (Å²) < 4.78 is 6.00. The van der Waals surface area contributed by atoms with E-state index in [0.29, 0.717) is 6.61 Å². The summed E-state index contributed by atoms with van der Waals surface area (Å²) in [4.78, 5) is 15.2. The SMILES string of the molecule is CC(=O)O.Cc1ccc(-c2nc(CCOc3ccc4c(c3)CCC4)c(C)s2)cc1C.